The number of nitrogens with zero attached hydrogens (tertiary/aromatic N) is 3. The lowest BCUT2D eigenvalue weighted by molar-refractivity contribution is 0.887. The predicted molar refractivity (Wildman–Crippen MR) is 39.7 cm³/mol. The van der Waals surface area contributed by atoms with Gasteiger partial charge in [0, 0.05) is 0 Å². The molecule has 0 aliphatic rings. The van der Waals surface area contributed by atoms with Crippen molar-refractivity contribution in [3.05, 3.63) is 30.3 Å². The van der Waals surface area contributed by atoms with Crippen LogP contribution in [0.5, 0.6) is 0 Å². The third kappa shape index (κ3) is 2.45. The number of rotatable bonds is 2. The predicted octanol–water partition coefficient (Wildman–Crippen LogP) is 1.76. The van der Waals surface area contributed by atoms with Crippen molar-refractivity contribution >= 4 is 5.69 Å². The number of nitriles is 1. The van der Waals surface area contributed by atoms with Crippen molar-refractivity contribution in [2.24, 2.45) is 10.3 Å². The van der Waals surface area contributed by atoms with E-state index in [1.54, 1.807) is 18.3 Å². The highest BCUT2D eigenvalue weighted by Gasteiger charge is 1.82. The highest BCUT2D eigenvalue weighted by atomic mass is 15.4. The molecule has 0 saturated carbocycles. The van der Waals surface area contributed by atoms with E-state index in [2.05, 4.69) is 15.8 Å². The minimum atomic E-state index is 0.718. The molecule has 1 aromatic carbocycles. The lowest BCUT2D eigenvalue weighted by Gasteiger charge is -1.86. The Kier molecular flexibility index (Phi) is 2.63. The molecule has 0 radical (unpaired) electrons. The summed E-state index contributed by atoms with van der Waals surface area (Å²) in [7, 11) is 0. The highest BCUT2D eigenvalue weighted by Crippen LogP contribution is 2.08. The first kappa shape index (κ1) is 7.22. The van der Waals surface area contributed by atoms with Gasteiger partial charge < -0.3 is 0 Å². The molecule has 0 unspecified atom stereocenters. The zero-order valence-electron chi connectivity index (χ0n) is 5.73. The molecule has 1 N–H and O–H groups in total. The fraction of sp³-hybridized carbons (Fsp3) is 0. The molecular weight excluding hydrogens is 140 g/mol. The van der Waals surface area contributed by atoms with Crippen LogP contribution < -0.4 is 5.43 Å². The first-order valence-electron chi connectivity index (χ1n) is 3.03. The molecule has 1 aromatic rings. The van der Waals surface area contributed by atoms with Crippen LogP contribution >= 0.6 is 0 Å². The lowest BCUT2D eigenvalue weighted by Crippen LogP contribution is -1.88. The average molecular weight is 146 g/mol. The second-order valence-electron chi connectivity index (χ2n) is 1.76. The average Bonchev–Trinajstić information content (AvgIpc) is 2.07. The topological polar surface area (TPSA) is 60.5 Å². The van der Waals surface area contributed by atoms with Crippen LogP contribution in [-0.2, 0) is 0 Å². The fourth-order valence-electron chi connectivity index (χ4n) is 0.600. The number of hydrogen-bond acceptors (Lipinski definition) is 3. The number of nitrogens with one attached hydrogen (secondary N) is 1. The summed E-state index contributed by atoms with van der Waals surface area (Å²) in [6.45, 7) is 0. The van der Waals surface area contributed by atoms with Crippen LogP contribution in [0, 0.1) is 11.5 Å². The van der Waals surface area contributed by atoms with Crippen LogP contribution in [-0.4, -0.2) is 0 Å². The minimum absolute atomic E-state index is 0.718. The second-order valence-corrected chi connectivity index (χ2v) is 1.76. The summed E-state index contributed by atoms with van der Waals surface area (Å²) in [5.41, 5.74) is 2.78. The Hall–Kier alpha value is -1.89. The van der Waals surface area contributed by atoms with Gasteiger partial charge in [-0.1, -0.05) is 23.4 Å². The normalized spacial score (nSPS) is 9.36. The molecule has 0 aliphatic carbocycles. The summed E-state index contributed by atoms with van der Waals surface area (Å²) < 4.78 is 0. The van der Waals surface area contributed by atoms with E-state index in [4.69, 9.17) is 5.26 Å². The molecule has 0 spiro atoms. The van der Waals surface area contributed by atoms with Gasteiger partial charge in [-0.2, -0.15) is 10.7 Å². The molecular formula is C7H6N4. The molecule has 0 aliphatic heterocycles. The molecule has 1 rings (SSSR count). The molecule has 0 fully saturated rings. The van der Waals surface area contributed by atoms with E-state index < -0.39 is 0 Å². The van der Waals surface area contributed by atoms with Gasteiger partial charge in [0.25, 0.3) is 0 Å². The summed E-state index contributed by atoms with van der Waals surface area (Å²) in [4.78, 5) is 0. The molecule has 0 atom stereocenters. The summed E-state index contributed by atoms with van der Waals surface area (Å²) in [5.74, 6) is 0. The van der Waals surface area contributed by atoms with Crippen LogP contribution in [0.3, 0.4) is 0 Å². The first-order chi connectivity index (χ1) is 5.43. The second kappa shape index (κ2) is 4.01. The van der Waals surface area contributed by atoms with Crippen molar-refractivity contribution in [2.45, 2.75) is 0 Å². The van der Waals surface area contributed by atoms with Crippen LogP contribution in [0.25, 0.3) is 0 Å². The Bertz CT molecular complexity index is 272. The molecule has 54 valence electrons. The van der Waals surface area contributed by atoms with Gasteiger partial charge in [-0.15, -0.1) is 5.11 Å². The Morgan fingerprint density at radius 1 is 1.27 bits per heavy atom. The highest BCUT2D eigenvalue weighted by molar-refractivity contribution is 5.34. The first-order valence-corrected chi connectivity index (χ1v) is 3.03. The van der Waals surface area contributed by atoms with Gasteiger partial charge in [-0.25, -0.2) is 0 Å². The maximum atomic E-state index is 8.03. The van der Waals surface area contributed by atoms with Gasteiger partial charge in [-0.3, -0.25) is 0 Å². The van der Waals surface area contributed by atoms with E-state index in [9.17, 15) is 0 Å². The third-order valence-electron chi connectivity index (χ3n) is 1.02. The standard InChI is InChI=1S/C7H6N4/c8-6-9-11-10-7-4-2-1-3-5-7/h1-5H,(H,9,10). The molecule has 4 heteroatoms. The Balaban J connectivity index is 2.59. The van der Waals surface area contributed by atoms with Gasteiger partial charge in [0.15, 0.2) is 6.19 Å². The molecule has 0 aromatic heterocycles. The molecule has 11 heavy (non-hydrogen) atoms. The van der Waals surface area contributed by atoms with Crippen LogP contribution in [0.15, 0.2) is 40.7 Å². The van der Waals surface area contributed by atoms with Gasteiger partial charge >= 0.3 is 0 Å². The minimum Gasteiger partial charge on any atom is -0.194 e. The summed E-state index contributed by atoms with van der Waals surface area (Å²) in [6, 6.07) is 9.17. The fourth-order valence-corrected chi connectivity index (χ4v) is 0.600. The molecule has 0 bridgehead atoms. The van der Waals surface area contributed by atoms with Gasteiger partial charge in [0.2, 0.25) is 0 Å². The van der Waals surface area contributed by atoms with Crippen LogP contribution in [0.4, 0.5) is 5.69 Å². The van der Waals surface area contributed by atoms with Gasteiger partial charge in [-0.05, 0) is 12.1 Å². The molecule has 4 nitrogen and oxygen atoms in total. The monoisotopic (exact) mass is 146 g/mol. The number of benzene rings is 1. The van der Waals surface area contributed by atoms with Crippen molar-refractivity contribution in [3.63, 3.8) is 0 Å². The van der Waals surface area contributed by atoms with Crippen molar-refractivity contribution in [2.75, 3.05) is 0 Å². The quantitative estimate of drug-likeness (QED) is 0.299. The van der Waals surface area contributed by atoms with E-state index >= 15 is 0 Å². The summed E-state index contributed by atoms with van der Waals surface area (Å²) >= 11 is 0. The third-order valence-corrected chi connectivity index (χ3v) is 1.02. The van der Waals surface area contributed by atoms with E-state index in [0.29, 0.717) is 0 Å². The van der Waals surface area contributed by atoms with E-state index in [0.717, 1.165) is 5.69 Å². The molecule has 0 saturated heterocycles. The largest absolute Gasteiger partial charge is 0.200 e. The van der Waals surface area contributed by atoms with E-state index in [-0.39, 0.29) is 0 Å². The Labute approximate surface area is 64.2 Å². The van der Waals surface area contributed by atoms with Crippen LogP contribution in [0.2, 0.25) is 0 Å². The van der Waals surface area contributed by atoms with E-state index in [1.165, 1.54) is 0 Å². The number of hydrogen-bond donors (Lipinski definition) is 1. The molecule has 0 amide bonds. The SMILES string of the molecule is N#CNN=Nc1ccccc1. The van der Waals surface area contributed by atoms with Crippen molar-refractivity contribution in [1.29, 1.82) is 5.26 Å². The van der Waals surface area contributed by atoms with E-state index in [1.807, 2.05) is 18.2 Å². The molecule has 0 heterocycles. The maximum Gasteiger partial charge on any atom is 0.200 e. The Morgan fingerprint density at radius 3 is 2.64 bits per heavy atom. The summed E-state index contributed by atoms with van der Waals surface area (Å²) in [5, 5.41) is 15.1. The summed E-state index contributed by atoms with van der Waals surface area (Å²) in [6.07, 6.45) is 1.63. The zero-order valence-corrected chi connectivity index (χ0v) is 5.73. The maximum absolute atomic E-state index is 8.03. The van der Waals surface area contributed by atoms with Crippen molar-refractivity contribution in [1.82, 2.24) is 5.43 Å². The lowest BCUT2D eigenvalue weighted by atomic mass is 10.3. The zero-order chi connectivity index (χ0) is 7.94. The van der Waals surface area contributed by atoms with Gasteiger partial charge in [0.1, 0.15) is 0 Å². The smallest absolute Gasteiger partial charge is 0.194 e. The van der Waals surface area contributed by atoms with Crippen molar-refractivity contribution < 1.29 is 0 Å². The van der Waals surface area contributed by atoms with Crippen LogP contribution in [0.1, 0.15) is 0 Å². The van der Waals surface area contributed by atoms with Crippen molar-refractivity contribution in [3.8, 4) is 6.19 Å². The van der Waals surface area contributed by atoms with Gasteiger partial charge in [0.05, 0.1) is 5.69 Å². The Morgan fingerprint density at radius 2 is 2.00 bits per heavy atom.